The molecule has 13 heavy (non-hydrogen) atoms. The van der Waals surface area contributed by atoms with Crippen LogP contribution in [0.5, 0.6) is 0 Å². The normalized spacial score (nSPS) is 11.0. The third-order valence-corrected chi connectivity index (χ3v) is 4.05. The molecule has 68 valence electrons. The number of hydrogen-bond acceptors (Lipinski definition) is 2. The molecule has 1 aromatic carbocycles. The molecule has 0 aliphatic rings. The van der Waals surface area contributed by atoms with Gasteiger partial charge in [-0.05, 0) is 34.9 Å². The molecular weight excluding hydrogens is 220 g/mol. The summed E-state index contributed by atoms with van der Waals surface area (Å²) >= 11 is 12.3. The second kappa shape index (κ2) is 3.52. The lowest BCUT2D eigenvalue weighted by Crippen LogP contribution is -1.84. The summed E-state index contributed by atoms with van der Waals surface area (Å²) < 4.78 is 1.24. The highest BCUT2D eigenvalue weighted by molar-refractivity contribution is 7.80. The number of halogens is 1. The van der Waals surface area contributed by atoms with E-state index in [1.54, 1.807) is 11.3 Å². The summed E-state index contributed by atoms with van der Waals surface area (Å²) in [5.74, 6) is 0. The lowest BCUT2D eigenvalue weighted by molar-refractivity contribution is 1.10. The molecule has 0 unspecified atom stereocenters. The van der Waals surface area contributed by atoms with Gasteiger partial charge in [-0.25, -0.2) is 0 Å². The fourth-order valence-electron chi connectivity index (χ4n) is 1.44. The van der Waals surface area contributed by atoms with E-state index in [1.165, 1.54) is 10.1 Å². The fraction of sp³-hybridized carbons (Fsp3) is 0.200. The lowest BCUT2D eigenvalue weighted by Gasteiger charge is -2.05. The molecule has 0 saturated carbocycles. The number of hydrogen-bond donors (Lipinski definition) is 1. The molecule has 0 nitrogen and oxygen atoms in total. The molecule has 0 aliphatic heterocycles. The predicted molar refractivity (Wildman–Crippen MR) is 63.5 cm³/mol. The average molecular weight is 229 g/mol. The molecule has 0 aliphatic carbocycles. The van der Waals surface area contributed by atoms with Crippen LogP contribution in [0.1, 0.15) is 12.5 Å². The maximum absolute atomic E-state index is 6.12. The van der Waals surface area contributed by atoms with Crippen LogP contribution < -0.4 is 0 Å². The highest BCUT2D eigenvalue weighted by Gasteiger charge is 2.08. The summed E-state index contributed by atoms with van der Waals surface area (Å²) in [6.45, 7) is 2.10. The quantitative estimate of drug-likeness (QED) is 0.687. The summed E-state index contributed by atoms with van der Waals surface area (Å²) in [6, 6.07) is 4.09. The van der Waals surface area contributed by atoms with Crippen LogP contribution >= 0.6 is 35.6 Å². The molecule has 0 amide bonds. The van der Waals surface area contributed by atoms with Gasteiger partial charge in [0.15, 0.2) is 0 Å². The first-order valence-electron chi connectivity index (χ1n) is 4.11. The third-order valence-electron chi connectivity index (χ3n) is 2.12. The van der Waals surface area contributed by atoms with E-state index in [-0.39, 0.29) is 0 Å². The maximum Gasteiger partial charge on any atom is 0.0479 e. The SMILES string of the molecule is CCc1c(Cl)cc2ccsc2c1S. The second-order valence-electron chi connectivity index (χ2n) is 2.88. The predicted octanol–water partition coefficient (Wildman–Crippen LogP) is 4.41. The van der Waals surface area contributed by atoms with Crippen molar-refractivity contribution in [2.45, 2.75) is 18.2 Å². The number of benzene rings is 1. The first-order chi connectivity index (χ1) is 6.24. The minimum Gasteiger partial charge on any atom is -0.143 e. The van der Waals surface area contributed by atoms with Crippen LogP contribution in [0.2, 0.25) is 5.02 Å². The van der Waals surface area contributed by atoms with Gasteiger partial charge in [-0.3, -0.25) is 0 Å². The Morgan fingerprint density at radius 3 is 3.00 bits per heavy atom. The first-order valence-corrected chi connectivity index (χ1v) is 5.82. The van der Waals surface area contributed by atoms with Crippen molar-refractivity contribution in [2.75, 3.05) is 0 Å². The van der Waals surface area contributed by atoms with Gasteiger partial charge >= 0.3 is 0 Å². The Kier molecular flexibility index (Phi) is 2.54. The zero-order valence-corrected chi connectivity index (χ0v) is 9.64. The van der Waals surface area contributed by atoms with E-state index in [0.29, 0.717) is 0 Å². The molecule has 0 saturated heterocycles. The van der Waals surface area contributed by atoms with Crippen LogP contribution in [0.3, 0.4) is 0 Å². The minimum atomic E-state index is 0.832. The summed E-state index contributed by atoms with van der Waals surface area (Å²) in [7, 11) is 0. The Labute approximate surface area is 91.9 Å². The van der Waals surface area contributed by atoms with Gasteiger partial charge < -0.3 is 0 Å². The van der Waals surface area contributed by atoms with Crippen LogP contribution in [0.4, 0.5) is 0 Å². The molecule has 2 aromatic rings. The number of thiol groups is 1. The van der Waals surface area contributed by atoms with E-state index in [2.05, 4.69) is 31.0 Å². The molecular formula is C10H9ClS2. The maximum atomic E-state index is 6.12. The summed E-state index contributed by atoms with van der Waals surface area (Å²) in [6.07, 6.45) is 0.936. The topological polar surface area (TPSA) is 0 Å². The van der Waals surface area contributed by atoms with Gasteiger partial charge in [0.2, 0.25) is 0 Å². The van der Waals surface area contributed by atoms with E-state index in [1.807, 2.05) is 6.07 Å². The van der Waals surface area contributed by atoms with Gasteiger partial charge in [-0.1, -0.05) is 18.5 Å². The Hall–Kier alpha value is -0.180. The van der Waals surface area contributed by atoms with Crippen molar-refractivity contribution in [3.05, 3.63) is 28.1 Å². The fourth-order valence-corrected chi connectivity index (χ4v) is 3.26. The van der Waals surface area contributed by atoms with Crippen LogP contribution in [0.25, 0.3) is 10.1 Å². The molecule has 1 heterocycles. The monoisotopic (exact) mass is 228 g/mol. The van der Waals surface area contributed by atoms with Crippen molar-refractivity contribution in [3.63, 3.8) is 0 Å². The molecule has 1 aromatic heterocycles. The van der Waals surface area contributed by atoms with E-state index in [4.69, 9.17) is 11.6 Å². The van der Waals surface area contributed by atoms with Crippen LogP contribution in [-0.4, -0.2) is 0 Å². The van der Waals surface area contributed by atoms with Gasteiger partial charge in [0.05, 0.1) is 0 Å². The summed E-state index contributed by atoms with van der Waals surface area (Å²) in [5, 5.41) is 4.09. The Morgan fingerprint density at radius 2 is 2.31 bits per heavy atom. The molecule has 3 heteroatoms. The first kappa shape index (κ1) is 9.38. The van der Waals surface area contributed by atoms with Crippen LogP contribution in [0.15, 0.2) is 22.4 Å². The Morgan fingerprint density at radius 1 is 1.54 bits per heavy atom. The van der Waals surface area contributed by atoms with Gasteiger partial charge in [0, 0.05) is 14.6 Å². The van der Waals surface area contributed by atoms with E-state index < -0.39 is 0 Å². The Bertz CT molecular complexity index is 445. The molecule has 0 atom stereocenters. The zero-order chi connectivity index (χ0) is 9.42. The number of thiophene rings is 1. The number of rotatable bonds is 1. The Balaban J connectivity index is 2.85. The molecule has 0 bridgehead atoms. The van der Waals surface area contributed by atoms with E-state index in [0.717, 1.165) is 21.9 Å². The summed E-state index contributed by atoms with van der Waals surface area (Å²) in [5.41, 5.74) is 1.15. The molecule has 2 rings (SSSR count). The standard InChI is InChI=1S/C10H9ClS2/c1-2-7-8(11)5-6-3-4-13-10(6)9(7)12/h3-5,12H,2H2,1H3. The lowest BCUT2D eigenvalue weighted by atomic mass is 10.1. The second-order valence-corrected chi connectivity index (χ2v) is 4.65. The van der Waals surface area contributed by atoms with Crippen molar-refractivity contribution >= 4 is 45.7 Å². The summed E-state index contributed by atoms with van der Waals surface area (Å²) in [4.78, 5) is 1.04. The molecule has 0 fully saturated rings. The smallest absolute Gasteiger partial charge is 0.0479 e. The third kappa shape index (κ3) is 1.47. The zero-order valence-electron chi connectivity index (χ0n) is 7.17. The van der Waals surface area contributed by atoms with Gasteiger partial charge in [0.25, 0.3) is 0 Å². The highest BCUT2D eigenvalue weighted by Crippen LogP contribution is 2.35. The largest absolute Gasteiger partial charge is 0.143 e. The van der Waals surface area contributed by atoms with Crippen LogP contribution in [-0.2, 0) is 6.42 Å². The van der Waals surface area contributed by atoms with E-state index >= 15 is 0 Å². The molecule has 0 spiro atoms. The minimum absolute atomic E-state index is 0.832. The molecule has 0 radical (unpaired) electrons. The van der Waals surface area contributed by atoms with Gasteiger partial charge in [-0.2, -0.15) is 0 Å². The molecule has 0 N–H and O–H groups in total. The van der Waals surface area contributed by atoms with Gasteiger partial charge in [-0.15, -0.1) is 24.0 Å². The van der Waals surface area contributed by atoms with Crippen LogP contribution in [0, 0.1) is 0 Å². The van der Waals surface area contributed by atoms with Crippen molar-refractivity contribution in [1.82, 2.24) is 0 Å². The number of fused-ring (bicyclic) bond motifs is 1. The van der Waals surface area contributed by atoms with Gasteiger partial charge in [0.1, 0.15) is 0 Å². The average Bonchev–Trinajstić information content (AvgIpc) is 2.53. The van der Waals surface area contributed by atoms with Crippen molar-refractivity contribution < 1.29 is 0 Å². The highest BCUT2D eigenvalue weighted by atomic mass is 35.5. The van der Waals surface area contributed by atoms with E-state index in [9.17, 15) is 0 Å². The van der Waals surface area contributed by atoms with Crippen molar-refractivity contribution in [3.8, 4) is 0 Å². The van der Waals surface area contributed by atoms with Crippen molar-refractivity contribution in [2.24, 2.45) is 0 Å². The van der Waals surface area contributed by atoms with Crippen molar-refractivity contribution in [1.29, 1.82) is 0 Å².